The number of aliphatic hydroxyl groups excluding tert-OH is 1. The van der Waals surface area contributed by atoms with Crippen molar-refractivity contribution in [3.8, 4) is 0 Å². The Morgan fingerprint density at radius 2 is 1.81 bits per heavy atom. The number of aliphatic hydroxyl groups is 1. The van der Waals surface area contributed by atoms with Crippen LogP contribution >= 0.6 is 11.3 Å². The summed E-state index contributed by atoms with van der Waals surface area (Å²) < 4.78 is 43.7. The zero-order valence-corrected chi connectivity index (χ0v) is 20.9. The number of amides is 1. The molecule has 4 aromatic rings. The molecule has 1 aliphatic heterocycles. The molecule has 1 atom stereocenters. The average Bonchev–Trinajstić information content (AvgIpc) is 3.46. The van der Waals surface area contributed by atoms with Gasteiger partial charge in [0.25, 0.3) is 5.78 Å². The van der Waals surface area contributed by atoms with Gasteiger partial charge in [-0.15, -0.1) is 0 Å². The molecule has 8 nitrogen and oxygen atoms in total. The maximum atomic E-state index is 13.7. The van der Waals surface area contributed by atoms with E-state index in [1.807, 2.05) is 0 Å². The minimum Gasteiger partial charge on any atom is -0.507 e. The van der Waals surface area contributed by atoms with E-state index < -0.39 is 39.1 Å². The summed E-state index contributed by atoms with van der Waals surface area (Å²) in [5, 5.41) is 11.3. The molecule has 36 heavy (non-hydrogen) atoms. The number of hydrogen-bond acceptors (Lipinski definition) is 8. The average molecular weight is 527 g/mol. The molecule has 1 fully saturated rings. The van der Waals surface area contributed by atoms with Gasteiger partial charge in [0.05, 0.1) is 32.3 Å². The first-order valence-electron chi connectivity index (χ1n) is 10.7. The first kappa shape index (κ1) is 23.9. The molecule has 1 saturated heterocycles. The summed E-state index contributed by atoms with van der Waals surface area (Å²) >= 11 is 1.03. The number of benzene rings is 2. The lowest BCUT2D eigenvalue weighted by molar-refractivity contribution is -0.132. The highest BCUT2D eigenvalue weighted by Gasteiger charge is 2.48. The SMILES string of the molecule is Cc1cc(C(O)=C2C(=O)C(=O)N(c3nc4ccc(S(C)(=O)=O)cc4s3)C2c2ccc(F)cc2)c(C)o1. The molecule has 5 rings (SSSR count). The van der Waals surface area contributed by atoms with Gasteiger partial charge in [0.1, 0.15) is 23.1 Å². The molecule has 2 aromatic heterocycles. The second-order valence-electron chi connectivity index (χ2n) is 8.45. The molecule has 11 heteroatoms. The van der Waals surface area contributed by atoms with E-state index in [0.29, 0.717) is 27.3 Å². The van der Waals surface area contributed by atoms with Crippen molar-refractivity contribution in [2.45, 2.75) is 24.8 Å². The van der Waals surface area contributed by atoms with Crippen LogP contribution in [-0.4, -0.2) is 36.5 Å². The number of fused-ring (bicyclic) bond motifs is 1. The summed E-state index contributed by atoms with van der Waals surface area (Å²) in [6.45, 7) is 3.31. The molecule has 1 unspecified atom stereocenters. The number of carbonyl (C=O) groups excluding carboxylic acids is 2. The Balaban J connectivity index is 1.73. The van der Waals surface area contributed by atoms with E-state index in [-0.39, 0.29) is 21.2 Å². The highest BCUT2D eigenvalue weighted by Crippen LogP contribution is 2.45. The lowest BCUT2D eigenvalue weighted by atomic mass is 9.95. The molecule has 0 spiro atoms. The van der Waals surface area contributed by atoms with Crippen LogP contribution in [0.2, 0.25) is 0 Å². The zero-order valence-electron chi connectivity index (χ0n) is 19.3. The maximum absolute atomic E-state index is 13.7. The van der Waals surface area contributed by atoms with Crippen molar-refractivity contribution in [3.63, 3.8) is 0 Å². The normalized spacial score (nSPS) is 17.9. The van der Waals surface area contributed by atoms with Gasteiger partial charge in [-0.3, -0.25) is 14.5 Å². The number of anilines is 1. The molecule has 2 aromatic carbocycles. The number of hydrogen-bond donors (Lipinski definition) is 1. The van der Waals surface area contributed by atoms with E-state index in [1.54, 1.807) is 19.9 Å². The van der Waals surface area contributed by atoms with Crippen LogP contribution in [0, 0.1) is 19.7 Å². The topological polar surface area (TPSA) is 118 Å². The number of furan rings is 1. The Bertz CT molecular complexity index is 1700. The number of halogens is 1. The number of aromatic nitrogens is 1. The van der Waals surface area contributed by atoms with Gasteiger partial charge in [-0.05, 0) is 55.8 Å². The van der Waals surface area contributed by atoms with Crippen molar-refractivity contribution >= 4 is 54.0 Å². The van der Waals surface area contributed by atoms with Gasteiger partial charge in [0.15, 0.2) is 15.0 Å². The fourth-order valence-electron chi connectivity index (χ4n) is 4.23. The molecule has 1 amide bonds. The second-order valence-corrected chi connectivity index (χ2v) is 11.5. The Labute approximate surface area is 209 Å². The standard InChI is InChI=1S/C25H19FN2O6S2/c1-12-10-17(13(2)34-12)22(29)20-21(14-4-6-15(26)7-5-14)28(24(31)23(20)30)25-27-18-9-8-16(36(3,32)33)11-19(18)35-25/h4-11,21,29H,1-3H3. The third kappa shape index (κ3) is 3.90. The molecular weight excluding hydrogens is 507 g/mol. The van der Waals surface area contributed by atoms with Crippen molar-refractivity contribution < 1.29 is 31.9 Å². The molecule has 0 aliphatic carbocycles. The van der Waals surface area contributed by atoms with Gasteiger partial charge in [-0.2, -0.15) is 0 Å². The lowest BCUT2D eigenvalue weighted by Gasteiger charge is -2.22. The van der Waals surface area contributed by atoms with E-state index in [0.717, 1.165) is 22.5 Å². The van der Waals surface area contributed by atoms with E-state index in [1.165, 1.54) is 42.5 Å². The Hall–Kier alpha value is -3.83. The fourth-order valence-corrected chi connectivity index (χ4v) is 5.98. The van der Waals surface area contributed by atoms with Crippen molar-refractivity contribution in [1.82, 2.24) is 4.98 Å². The van der Waals surface area contributed by atoms with Crippen molar-refractivity contribution in [2.24, 2.45) is 0 Å². The fraction of sp³-hybridized carbons (Fsp3) is 0.160. The molecule has 1 aliphatic rings. The minimum absolute atomic E-state index is 0.0909. The van der Waals surface area contributed by atoms with E-state index in [9.17, 15) is 27.5 Å². The van der Waals surface area contributed by atoms with Crippen molar-refractivity contribution in [1.29, 1.82) is 0 Å². The van der Waals surface area contributed by atoms with E-state index in [4.69, 9.17) is 4.42 Å². The third-order valence-electron chi connectivity index (χ3n) is 5.91. The minimum atomic E-state index is -3.47. The van der Waals surface area contributed by atoms with Crippen LogP contribution in [-0.2, 0) is 19.4 Å². The second kappa shape index (κ2) is 8.38. The highest BCUT2D eigenvalue weighted by atomic mass is 32.2. The molecule has 0 saturated carbocycles. The molecule has 1 N–H and O–H groups in total. The van der Waals surface area contributed by atoms with Gasteiger partial charge in [-0.1, -0.05) is 23.5 Å². The number of ketones is 1. The Morgan fingerprint density at radius 3 is 2.42 bits per heavy atom. The first-order valence-corrected chi connectivity index (χ1v) is 13.4. The first-order chi connectivity index (χ1) is 17.0. The number of carbonyl (C=O) groups is 2. The number of thiazole rings is 1. The monoisotopic (exact) mass is 526 g/mol. The van der Waals surface area contributed by atoms with Gasteiger partial charge < -0.3 is 9.52 Å². The van der Waals surface area contributed by atoms with Crippen LogP contribution in [0.15, 0.2) is 63.4 Å². The number of Topliss-reactive ketones (excluding diaryl/α,β-unsaturated/α-hetero) is 1. The molecule has 3 heterocycles. The van der Waals surface area contributed by atoms with Gasteiger partial charge in [0.2, 0.25) is 0 Å². The summed E-state index contributed by atoms with van der Waals surface area (Å²) in [6, 6.07) is 10.1. The van der Waals surface area contributed by atoms with Crippen LogP contribution in [0.1, 0.15) is 28.7 Å². The number of aryl methyl sites for hydroxylation is 2. The van der Waals surface area contributed by atoms with E-state index in [2.05, 4.69) is 4.98 Å². The van der Waals surface area contributed by atoms with Gasteiger partial charge >= 0.3 is 5.91 Å². The Kier molecular flexibility index (Phi) is 5.56. The van der Waals surface area contributed by atoms with Gasteiger partial charge in [0, 0.05) is 6.26 Å². The summed E-state index contributed by atoms with van der Waals surface area (Å²) in [6.07, 6.45) is 1.09. The molecule has 184 valence electrons. The van der Waals surface area contributed by atoms with E-state index >= 15 is 0 Å². The summed E-state index contributed by atoms with van der Waals surface area (Å²) in [5.74, 6) is -1.91. The predicted octanol–water partition coefficient (Wildman–Crippen LogP) is 4.68. The molecule has 0 bridgehead atoms. The van der Waals surface area contributed by atoms with Crippen LogP contribution in [0.3, 0.4) is 0 Å². The van der Waals surface area contributed by atoms with Crippen LogP contribution in [0.5, 0.6) is 0 Å². The Morgan fingerprint density at radius 1 is 1.11 bits per heavy atom. The quantitative estimate of drug-likeness (QED) is 0.233. The maximum Gasteiger partial charge on any atom is 0.301 e. The lowest BCUT2D eigenvalue weighted by Crippen LogP contribution is -2.29. The number of rotatable bonds is 4. The third-order valence-corrected chi connectivity index (χ3v) is 8.04. The largest absolute Gasteiger partial charge is 0.507 e. The van der Waals surface area contributed by atoms with Crippen molar-refractivity contribution in [3.05, 3.63) is 82.6 Å². The number of sulfone groups is 1. The molecule has 0 radical (unpaired) electrons. The summed E-state index contributed by atoms with van der Waals surface area (Å²) in [7, 11) is -3.47. The van der Waals surface area contributed by atoms with Crippen LogP contribution < -0.4 is 4.90 Å². The number of nitrogens with zero attached hydrogens (tertiary/aromatic N) is 2. The van der Waals surface area contributed by atoms with Crippen LogP contribution in [0.4, 0.5) is 9.52 Å². The van der Waals surface area contributed by atoms with Crippen molar-refractivity contribution in [2.75, 3.05) is 11.2 Å². The molecular formula is C25H19FN2O6S2. The smallest absolute Gasteiger partial charge is 0.301 e. The van der Waals surface area contributed by atoms with Crippen LogP contribution in [0.25, 0.3) is 16.0 Å². The summed E-state index contributed by atoms with van der Waals surface area (Å²) in [5.41, 5.74) is 0.890. The van der Waals surface area contributed by atoms with Gasteiger partial charge in [-0.25, -0.2) is 17.8 Å². The predicted molar refractivity (Wildman–Crippen MR) is 132 cm³/mol. The summed E-state index contributed by atoms with van der Waals surface area (Å²) in [4.78, 5) is 32.3. The highest BCUT2D eigenvalue weighted by molar-refractivity contribution is 7.90. The zero-order chi connectivity index (χ0) is 25.9.